The summed E-state index contributed by atoms with van der Waals surface area (Å²) >= 11 is 11.9. The highest BCUT2D eigenvalue weighted by Gasteiger charge is 2.09. The molecular weight excluding hydrogens is 409 g/mol. The number of hydrogen-bond acceptors (Lipinski definition) is 3. The Hall–Kier alpha value is -2.89. The van der Waals surface area contributed by atoms with Crippen LogP contribution >= 0.6 is 23.2 Å². The first-order valence-electron chi connectivity index (χ1n) is 8.96. The van der Waals surface area contributed by atoms with E-state index in [9.17, 15) is 9.59 Å². The van der Waals surface area contributed by atoms with Gasteiger partial charge in [0.05, 0.1) is 23.6 Å². The van der Waals surface area contributed by atoms with Crippen LogP contribution in [0.25, 0.3) is 10.8 Å². The molecule has 0 aromatic heterocycles. The Labute approximate surface area is 178 Å². The molecule has 0 heterocycles. The van der Waals surface area contributed by atoms with Gasteiger partial charge >= 0.3 is 0 Å². The Morgan fingerprint density at radius 2 is 1.72 bits per heavy atom. The molecule has 0 aliphatic heterocycles. The van der Waals surface area contributed by atoms with E-state index >= 15 is 0 Å². The van der Waals surface area contributed by atoms with E-state index in [1.165, 1.54) is 0 Å². The molecule has 0 radical (unpaired) electrons. The zero-order chi connectivity index (χ0) is 20.8. The van der Waals surface area contributed by atoms with Crippen molar-refractivity contribution in [3.05, 3.63) is 76.3 Å². The van der Waals surface area contributed by atoms with Crippen molar-refractivity contribution in [2.24, 2.45) is 5.10 Å². The third-order valence-electron chi connectivity index (χ3n) is 4.22. The molecule has 0 saturated heterocycles. The maximum absolute atomic E-state index is 12.3. The van der Waals surface area contributed by atoms with Crippen molar-refractivity contribution >= 4 is 57.2 Å². The van der Waals surface area contributed by atoms with Crippen LogP contribution in [0.15, 0.2) is 65.8 Å². The van der Waals surface area contributed by atoms with Crippen molar-refractivity contribution < 1.29 is 9.59 Å². The molecule has 0 bridgehead atoms. The van der Waals surface area contributed by atoms with Crippen LogP contribution in [0.3, 0.4) is 0 Å². The van der Waals surface area contributed by atoms with Crippen molar-refractivity contribution in [2.45, 2.75) is 19.8 Å². The van der Waals surface area contributed by atoms with Gasteiger partial charge in [0.1, 0.15) is 0 Å². The van der Waals surface area contributed by atoms with Gasteiger partial charge in [-0.2, -0.15) is 5.10 Å². The summed E-state index contributed by atoms with van der Waals surface area (Å²) in [7, 11) is 0. The Kier molecular flexibility index (Phi) is 6.86. The molecule has 3 aromatic carbocycles. The first kappa shape index (κ1) is 20.8. The van der Waals surface area contributed by atoms with Gasteiger partial charge in [0.15, 0.2) is 0 Å². The summed E-state index contributed by atoms with van der Waals surface area (Å²) in [4.78, 5) is 24.4. The number of anilines is 1. The van der Waals surface area contributed by atoms with Crippen LogP contribution in [-0.4, -0.2) is 17.5 Å². The lowest BCUT2D eigenvalue weighted by Gasteiger charge is -2.08. The maximum Gasteiger partial charge on any atom is 0.244 e. The lowest BCUT2D eigenvalue weighted by molar-refractivity contribution is -0.120. The summed E-state index contributed by atoms with van der Waals surface area (Å²) in [5.74, 6) is -0.541. The smallest absolute Gasteiger partial charge is 0.244 e. The molecule has 0 saturated carbocycles. The van der Waals surface area contributed by atoms with Crippen LogP contribution in [0.5, 0.6) is 0 Å². The highest BCUT2D eigenvalue weighted by molar-refractivity contribution is 6.36. The van der Waals surface area contributed by atoms with Crippen LogP contribution in [0.2, 0.25) is 10.0 Å². The third-order valence-corrected chi connectivity index (χ3v) is 4.77. The number of halogens is 2. The Morgan fingerprint density at radius 1 is 0.966 bits per heavy atom. The second-order valence-corrected chi connectivity index (χ2v) is 7.39. The molecule has 0 aliphatic rings. The van der Waals surface area contributed by atoms with E-state index in [0.29, 0.717) is 21.4 Å². The molecule has 0 aliphatic carbocycles. The number of nitrogens with zero attached hydrogens (tertiary/aromatic N) is 1. The van der Waals surface area contributed by atoms with Crippen molar-refractivity contribution in [1.82, 2.24) is 5.43 Å². The molecule has 3 rings (SSSR count). The van der Waals surface area contributed by atoms with Gasteiger partial charge in [0.25, 0.3) is 0 Å². The van der Waals surface area contributed by atoms with Gasteiger partial charge in [-0.05, 0) is 41.5 Å². The average molecular weight is 428 g/mol. The van der Waals surface area contributed by atoms with Crippen LogP contribution in [0, 0.1) is 0 Å². The average Bonchev–Trinajstić information content (AvgIpc) is 2.69. The number of carbonyl (C=O) groups is 2. The fraction of sp³-hybridized carbons (Fsp3) is 0.136. The molecule has 2 amide bonds. The SMILES string of the molecule is C/C(CC(=O)Nc1ccc(Cl)cc1Cl)=N\NC(=O)Cc1cccc2ccccc12. The number of benzene rings is 3. The minimum Gasteiger partial charge on any atom is -0.324 e. The van der Waals surface area contributed by atoms with Crippen LogP contribution in [0.1, 0.15) is 18.9 Å². The van der Waals surface area contributed by atoms with Gasteiger partial charge in [-0.25, -0.2) is 5.43 Å². The fourth-order valence-corrected chi connectivity index (χ4v) is 3.33. The molecule has 7 heteroatoms. The lowest BCUT2D eigenvalue weighted by Crippen LogP contribution is -2.23. The molecular formula is C22H19Cl2N3O2. The summed E-state index contributed by atoms with van der Waals surface area (Å²) in [6.45, 7) is 1.67. The quantitative estimate of drug-likeness (QED) is 0.418. The third kappa shape index (κ3) is 5.79. The van der Waals surface area contributed by atoms with E-state index in [1.54, 1.807) is 25.1 Å². The monoisotopic (exact) mass is 427 g/mol. The van der Waals surface area contributed by atoms with E-state index in [1.807, 2.05) is 42.5 Å². The molecule has 5 nitrogen and oxygen atoms in total. The Morgan fingerprint density at radius 3 is 2.52 bits per heavy atom. The van der Waals surface area contributed by atoms with Crippen molar-refractivity contribution in [2.75, 3.05) is 5.32 Å². The van der Waals surface area contributed by atoms with Crippen LogP contribution in [0.4, 0.5) is 5.69 Å². The predicted molar refractivity (Wildman–Crippen MR) is 119 cm³/mol. The fourth-order valence-electron chi connectivity index (χ4n) is 2.87. The zero-order valence-corrected chi connectivity index (χ0v) is 17.2. The molecule has 29 heavy (non-hydrogen) atoms. The second-order valence-electron chi connectivity index (χ2n) is 6.55. The van der Waals surface area contributed by atoms with Gasteiger partial charge in [0, 0.05) is 10.7 Å². The largest absolute Gasteiger partial charge is 0.324 e. The van der Waals surface area contributed by atoms with Crippen LogP contribution < -0.4 is 10.7 Å². The summed E-state index contributed by atoms with van der Waals surface area (Å²) in [5, 5.41) is 9.66. The summed E-state index contributed by atoms with van der Waals surface area (Å²) < 4.78 is 0. The number of fused-ring (bicyclic) bond motifs is 1. The minimum atomic E-state index is -0.293. The van der Waals surface area contributed by atoms with E-state index in [0.717, 1.165) is 16.3 Å². The molecule has 3 aromatic rings. The number of amides is 2. The summed E-state index contributed by atoms with van der Waals surface area (Å²) in [5.41, 5.74) is 4.37. The highest BCUT2D eigenvalue weighted by Crippen LogP contribution is 2.25. The normalized spacial score (nSPS) is 11.3. The number of carbonyl (C=O) groups excluding carboxylic acids is 2. The molecule has 2 N–H and O–H groups in total. The summed E-state index contributed by atoms with van der Waals surface area (Å²) in [6, 6.07) is 18.5. The number of rotatable bonds is 6. The highest BCUT2D eigenvalue weighted by atomic mass is 35.5. The lowest BCUT2D eigenvalue weighted by atomic mass is 10.0. The standard InChI is InChI=1S/C22H19Cl2N3O2/c1-14(11-21(28)25-20-10-9-17(23)13-19(20)24)26-27-22(29)12-16-7-4-6-15-5-2-3-8-18(15)16/h2-10,13H,11-12H2,1H3,(H,25,28)(H,27,29)/b26-14+. The first-order valence-corrected chi connectivity index (χ1v) is 9.71. The van der Waals surface area contributed by atoms with E-state index in [-0.39, 0.29) is 24.7 Å². The summed E-state index contributed by atoms with van der Waals surface area (Å²) in [6.07, 6.45) is 0.220. The zero-order valence-electron chi connectivity index (χ0n) is 15.7. The van der Waals surface area contributed by atoms with Gasteiger partial charge in [-0.15, -0.1) is 0 Å². The van der Waals surface area contributed by atoms with Gasteiger partial charge in [-0.3, -0.25) is 9.59 Å². The Balaban J connectivity index is 1.56. The molecule has 0 fully saturated rings. The second kappa shape index (κ2) is 9.54. The van der Waals surface area contributed by atoms with Crippen molar-refractivity contribution in [1.29, 1.82) is 0 Å². The number of nitrogens with one attached hydrogen (secondary N) is 2. The predicted octanol–water partition coefficient (Wildman–Crippen LogP) is 5.21. The molecule has 148 valence electrons. The van der Waals surface area contributed by atoms with E-state index in [4.69, 9.17) is 23.2 Å². The number of hydrazone groups is 1. The molecule has 0 unspecified atom stereocenters. The molecule has 0 atom stereocenters. The topological polar surface area (TPSA) is 70.6 Å². The maximum atomic E-state index is 12.3. The van der Waals surface area contributed by atoms with Gasteiger partial charge in [0.2, 0.25) is 11.8 Å². The van der Waals surface area contributed by atoms with Crippen molar-refractivity contribution in [3.8, 4) is 0 Å². The van der Waals surface area contributed by atoms with Gasteiger partial charge in [-0.1, -0.05) is 65.7 Å². The minimum absolute atomic E-state index is 0.0213. The Bertz CT molecular complexity index is 1090. The van der Waals surface area contributed by atoms with E-state index < -0.39 is 0 Å². The van der Waals surface area contributed by atoms with Crippen molar-refractivity contribution in [3.63, 3.8) is 0 Å². The van der Waals surface area contributed by atoms with Gasteiger partial charge < -0.3 is 5.32 Å². The molecule has 0 spiro atoms. The number of hydrogen-bond donors (Lipinski definition) is 2. The van der Waals surface area contributed by atoms with E-state index in [2.05, 4.69) is 15.8 Å². The first-order chi connectivity index (χ1) is 13.9. The van der Waals surface area contributed by atoms with Crippen LogP contribution in [-0.2, 0) is 16.0 Å².